The monoisotopic (exact) mass is 1670 g/mol. The van der Waals surface area contributed by atoms with Gasteiger partial charge < -0.3 is 123 Å². The SMILES string of the molecule is [N-]=[N+]=NCCCC[C@H](NC(=O)CCOCCOCCNC(=O)CCOCCNC(=O)CC[C@@H]1NC(=O)[C@@H](CCCNC(=N)N)NC(=O)[C@H](CCCNC(=N)N)NC(=O)[C@@H](CCCNC(=N)N)NC(=O)[C@H](CCCNC(=N)N)NC(=O)[C@H](Cc2ccc3ccccc3c2)NC(=O)[C@@H](Cc2ccccc2)NC(=O)[C@H](Cc2ccccc2)NC1=O)C(N)=O. The molecule has 42 nitrogen and oxygen atoms in total. The number of azide groups is 1. The maximum absolute atomic E-state index is 15.4. The second-order valence-corrected chi connectivity index (χ2v) is 28.2. The molecule has 0 spiro atoms. The van der Waals surface area contributed by atoms with Crippen LogP contribution >= 0.6 is 0 Å². The van der Waals surface area contributed by atoms with Crippen LogP contribution < -0.4 is 108 Å². The Labute approximate surface area is 695 Å². The number of nitrogens with one attached hydrogen (secondary N) is 19. The third-order valence-electron chi connectivity index (χ3n) is 18.7. The van der Waals surface area contributed by atoms with Gasteiger partial charge in [-0.1, -0.05) is 115 Å². The summed E-state index contributed by atoms with van der Waals surface area (Å²) in [5.41, 5.74) is 37.9. The number of benzene rings is 4. The van der Waals surface area contributed by atoms with Gasteiger partial charge in [0.15, 0.2) is 23.8 Å². The Hall–Kier alpha value is -13.0. The second-order valence-electron chi connectivity index (χ2n) is 28.2. The van der Waals surface area contributed by atoms with E-state index in [0.717, 1.165) is 10.8 Å². The van der Waals surface area contributed by atoms with E-state index in [9.17, 15) is 24.0 Å². The molecule has 9 atom stereocenters. The Balaban J connectivity index is 1.46. The minimum atomic E-state index is -1.69. The summed E-state index contributed by atoms with van der Waals surface area (Å²) in [6, 6.07) is 16.6. The standard InChI is InChI=1S/C78H117N27O15/c79-66(109)54(21-9-10-36-95-105-88)96-65(108)31-40-119-43-44-120-42-38-90-64(107)30-39-118-41-37-89-63(106)29-28-59-71(114)102-60(46-49-15-3-1-4-16-49)73(116)103-61(47-50-17-5-2-6-18-50)74(117)104-62(48-51-26-27-52-19-7-8-20-53(52)45-51)72(115)100-58(25-14-35-94-78(86)87)69(112)98-56(23-12-33-92-76(82)83)67(110)97-55(22-11-32-91-75(80)81)68(111)99-57(70(113)101-59)24-13-34-93-77(84)85/h1-8,15-20,26-27,45,54-62H,9-14,21-25,28-44,46-48H2,(H2,79,109)(H,89,106)(H,90,107)(H,96,108)(H,97,110)(H,98,112)(H,99,111)(H,100,115)(H,101,113)(H,102,114)(H,103,116)(H,104,117)(H4,80,81,91)(H4,82,83,92)(H4,84,85,93)(H4,86,87,94)/t54-,55-,56+,57+,58-,59-,60-,61+,62-/m0/s1. The summed E-state index contributed by atoms with van der Waals surface area (Å²) in [5, 5.41) is 76.8. The average molecular weight is 1670 g/mol. The quantitative estimate of drug-likeness (QED) is 0.00527. The molecule has 1 saturated heterocycles. The molecule has 4 aromatic carbocycles. The molecule has 1 aliphatic heterocycles. The van der Waals surface area contributed by atoms with Crippen LogP contribution in [-0.4, -0.2) is 235 Å². The predicted octanol–water partition coefficient (Wildman–Crippen LogP) is -2.89. The summed E-state index contributed by atoms with van der Waals surface area (Å²) < 4.78 is 16.6. The van der Waals surface area contributed by atoms with Crippen molar-refractivity contribution in [1.29, 1.82) is 21.6 Å². The number of nitrogens with two attached hydrogens (primary N) is 5. The maximum atomic E-state index is 15.4. The van der Waals surface area contributed by atoms with Crippen molar-refractivity contribution in [3.8, 4) is 0 Å². The molecular formula is C78H117N27O15. The van der Waals surface area contributed by atoms with Crippen LogP contribution in [0.3, 0.4) is 0 Å². The van der Waals surface area contributed by atoms with E-state index in [-0.39, 0.29) is 187 Å². The Morgan fingerprint density at radius 3 is 1.12 bits per heavy atom. The molecule has 1 heterocycles. The lowest BCUT2D eigenvalue weighted by atomic mass is 9.99. The fourth-order valence-corrected chi connectivity index (χ4v) is 12.4. The number of fused-ring (bicyclic) bond motifs is 1. The molecule has 120 heavy (non-hydrogen) atoms. The van der Waals surface area contributed by atoms with Gasteiger partial charge in [0, 0.05) is 89.2 Å². The van der Waals surface area contributed by atoms with E-state index < -0.39 is 150 Å². The number of unbranched alkanes of at least 4 members (excludes halogenated alkanes) is 1. The van der Waals surface area contributed by atoms with Crippen molar-refractivity contribution in [1.82, 2.24) is 79.8 Å². The van der Waals surface area contributed by atoms with Crippen LogP contribution in [0.1, 0.15) is 113 Å². The lowest BCUT2D eigenvalue weighted by Gasteiger charge is -2.29. The fourth-order valence-electron chi connectivity index (χ4n) is 12.4. The van der Waals surface area contributed by atoms with Crippen LogP contribution in [0, 0.1) is 21.6 Å². The highest BCUT2D eigenvalue weighted by Gasteiger charge is 2.37. The minimum absolute atomic E-state index is 0.00435. The number of carbonyl (C=O) groups is 12. The summed E-state index contributed by atoms with van der Waals surface area (Å²) in [6.45, 7) is 0.724. The first-order valence-corrected chi connectivity index (χ1v) is 39.8. The third-order valence-corrected chi connectivity index (χ3v) is 18.7. The molecule has 0 saturated carbocycles. The number of guanidine groups is 4. The summed E-state index contributed by atoms with van der Waals surface area (Å²) in [6.07, 6.45) is -0.812. The van der Waals surface area contributed by atoms with Crippen molar-refractivity contribution in [2.45, 2.75) is 170 Å². The van der Waals surface area contributed by atoms with Gasteiger partial charge in [-0.2, -0.15) is 0 Å². The first-order valence-electron chi connectivity index (χ1n) is 39.8. The molecule has 29 N–H and O–H groups in total. The van der Waals surface area contributed by atoms with Gasteiger partial charge in [-0.15, -0.1) is 0 Å². The topological polar surface area (TPSA) is 687 Å². The second kappa shape index (κ2) is 55.6. The zero-order valence-electron chi connectivity index (χ0n) is 67.3. The van der Waals surface area contributed by atoms with Gasteiger partial charge in [0.1, 0.15) is 54.4 Å². The Kier molecular flexibility index (Phi) is 45.3. The minimum Gasteiger partial charge on any atom is -0.379 e. The van der Waals surface area contributed by atoms with Crippen molar-refractivity contribution in [2.24, 2.45) is 33.8 Å². The summed E-state index contributed by atoms with van der Waals surface area (Å²) >= 11 is 0. The zero-order valence-corrected chi connectivity index (χ0v) is 67.3. The fraction of sp³-hybridized carbons (Fsp3) is 0.513. The number of carbonyl (C=O) groups excluding carboxylic acids is 12. The highest BCUT2D eigenvalue weighted by atomic mass is 16.5. The van der Waals surface area contributed by atoms with Crippen molar-refractivity contribution in [2.75, 3.05) is 85.5 Å². The van der Waals surface area contributed by atoms with Gasteiger partial charge in [-0.25, -0.2) is 0 Å². The van der Waals surface area contributed by atoms with Crippen LogP contribution in [0.2, 0.25) is 0 Å². The van der Waals surface area contributed by atoms with E-state index in [1.165, 1.54) is 0 Å². The highest BCUT2D eigenvalue weighted by molar-refractivity contribution is 6.00. The van der Waals surface area contributed by atoms with Crippen LogP contribution in [0.15, 0.2) is 108 Å². The molecule has 1 fully saturated rings. The highest BCUT2D eigenvalue weighted by Crippen LogP contribution is 2.19. The largest absolute Gasteiger partial charge is 0.379 e. The number of nitrogens with zero attached hydrogens (tertiary/aromatic N) is 3. The van der Waals surface area contributed by atoms with E-state index in [1.54, 1.807) is 66.7 Å². The molecular weight excluding hydrogens is 1560 g/mol. The van der Waals surface area contributed by atoms with Gasteiger partial charge in [-0.05, 0) is 104 Å². The number of amides is 12. The molecule has 5 rings (SSSR count). The van der Waals surface area contributed by atoms with E-state index in [2.05, 4.69) is 89.8 Å². The van der Waals surface area contributed by atoms with E-state index in [4.69, 9.17) is 70.0 Å². The summed E-state index contributed by atoms with van der Waals surface area (Å²) in [7, 11) is 0. The molecule has 4 aromatic rings. The first-order chi connectivity index (χ1) is 57.7. The summed E-state index contributed by atoms with van der Waals surface area (Å²) in [4.78, 5) is 175. The molecule has 0 aliphatic carbocycles. The van der Waals surface area contributed by atoms with Gasteiger partial charge in [0.05, 0.1) is 39.6 Å². The van der Waals surface area contributed by atoms with Crippen LogP contribution in [0.5, 0.6) is 0 Å². The average Bonchev–Trinajstić information content (AvgIpc) is 0.830. The van der Waals surface area contributed by atoms with E-state index in [0.29, 0.717) is 29.5 Å². The molecule has 1 aliphatic rings. The molecule has 0 aromatic heterocycles. The Bertz CT molecular complexity index is 4090. The van der Waals surface area contributed by atoms with Gasteiger partial charge in [0.25, 0.3) is 0 Å². The third kappa shape index (κ3) is 40.3. The lowest BCUT2D eigenvalue weighted by molar-refractivity contribution is -0.137. The zero-order chi connectivity index (χ0) is 87.4. The molecule has 654 valence electrons. The van der Waals surface area contributed by atoms with Gasteiger partial charge in [-0.3, -0.25) is 79.2 Å². The van der Waals surface area contributed by atoms with Gasteiger partial charge >= 0.3 is 0 Å². The van der Waals surface area contributed by atoms with Crippen molar-refractivity contribution in [3.05, 3.63) is 130 Å². The molecule has 0 bridgehead atoms. The molecule has 0 radical (unpaired) electrons. The van der Waals surface area contributed by atoms with Crippen molar-refractivity contribution in [3.63, 3.8) is 0 Å². The lowest BCUT2D eigenvalue weighted by Crippen LogP contribution is -2.62. The number of ether oxygens (including phenoxy) is 3. The Morgan fingerprint density at radius 1 is 0.375 bits per heavy atom. The van der Waals surface area contributed by atoms with Crippen molar-refractivity contribution >= 4 is 105 Å². The van der Waals surface area contributed by atoms with Gasteiger partial charge in [0.2, 0.25) is 70.9 Å². The molecule has 12 amide bonds. The number of primary amides is 1. The molecule has 42 heteroatoms. The van der Waals surface area contributed by atoms with Crippen LogP contribution in [0.25, 0.3) is 21.2 Å². The van der Waals surface area contributed by atoms with E-state index >= 15 is 33.6 Å². The predicted molar refractivity (Wildman–Crippen MR) is 446 cm³/mol. The van der Waals surface area contributed by atoms with Crippen LogP contribution in [-0.2, 0) is 91.0 Å². The maximum Gasteiger partial charge on any atom is 0.243 e. The normalized spacial score (nSPS) is 18.5. The number of rotatable bonds is 47. The number of hydrogen-bond donors (Lipinski definition) is 24. The van der Waals surface area contributed by atoms with Crippen LogP contribution in [0.4, 0.5) is 0 Å². The molecule has 0 unspecified atom stereocenters. The number of hydrogen-bond acceptors (Lipinski definition) is 20. The Morgan fingerprint density at radius 2 is 0.717 bits per heavy atom. The van der Waals surface area contributed by atoms with E-state index in [1.807, 2.05) is 36.4 Å². The first kappa shape index (κ1) is 97.6. The van der Waals surface area contributed by atoms with Crippen molar-refractivity contribution < 1.29 is 71.7 Å². The summed E-state index contributed by atoms with van der Waals surface area (Å²) in [5.74, 6) is -11.2. The smallest absolute Gasteiger partial charge is 0.243 e.